The minimum absolute atomic E-state index is 0.123. The molecule has 1 aromatic carbocycles. The minimum atomic E-state index is -0.661. The molecule has 1 fully saturated rings. The fourth-order valence-corrected chi connectivity index (χ4v) is 2.47. The number of hydrogen-bond acceptors (Lipinski definition) is 3. The maximum atomic E-state index is 11.8. The highest BCUT2D eigenvalue weighted by Gasteiger charge is 2.20. The lowest BCUT2D eigenvalue weighted by atomic mass is 9.95. The van der Waals surface area contributed by atoms with Crippen molar-refractivity contribution in [2.75, 3.05) is 11.1 Å². The summed E-state index contributed by atoms with van der Waals surface area (Å²) in [6, 6.07) is 5.42. The van der Waals surface area contributed by atoms with E-state index in [1.54, 1.807) is 12.1 Å². The summed E-state index contributed by atoms with van der Waals surface area (Å²) in [5.74, 6) is -1.25. The van der Waals surface area contributed by atoms with Crippen molar-refractivity contribution in [3.8, 4) is 0 Å². The first-order chi connectivity index (χ1) is 9.56. The lowest BCUT2D eigenvalue weighted by Gasteiger charge is -2.22. The summed E-state index contributed by atoms with van der Waals surface area (Å²) in [6.07, 6.45) is 5.32. The summed E-state index contributed by atoms with van der Waals surface area (Å²) in [6.45, 7) is 1.91. The molecule has 2 amide bonds. The maximum Gasteiger partial charge on any atom is 0.313 e. The van der Waals surface area contributed by atoms with Crippen molar-refractivity contribution < 1.29 is 9.59 Å². The largest absolute Gasteiger partial charge is 0.397 e. The third kappa shape index (κ3) is 3.73. The quantitative estimate of drug-likeness (QED) is 0.570. The molecule has 0 saturated heterocycles. The van der Waals surface area contributed by atoms with Gasteiger partial charge < -0.3 is 16.4 Å². The van der Waals surface area contributed by atoms with Crippen LogP contribution in [-0.4, -0.2) is 17.9 Å². The van der Waals surface area contributed by atoms with Gasteiger partial charge in [0.25, 0.3) is 0 Å². The summed E-state index contributed by atoms with van der Waals surface area (Å²) in [5, 5.41) is 5.33. The summed E-state index contributed by atoms with van der Waals surface area (Å²) < 4.78 is 0. The van der Waals surface area contributed by atoms with E-state index >= 15 is 0 Å². The van der Waals surface area contributed by atoms with Crippen molar-refractivity contribution >= 4 is 23.2 Å². The third-order valence-corrected chi connectivity index (χ3v) is 3.60. The van der Waals surface area contributed by atoms with Gasteiger partial charge in [0.1, 0.15) is 0 Å². The Kier molecular flexibility index (Phi) is 4.61. The second kappa shape index (κ2) is 6.41. The lowest BCUT2D eigenvalue weighted by Crippen LogP contribution is -2.42. The Morgan fingerprint density at radius 1 is 1.15 bits per heavy atom. The van der Waals surface area contributed by atoms with E-state index in [-0.39, 0.29) is 6.04 Å². The second-order valence-electron chi connectivity index (χ2n) is 5.35. The molecule has 5 heteroatoms. The third-order valence-electron chi connectivity index (χ3n) is 3.60. The number of aryl methyl sites for hydroxylation is 1. The Labute approximate surface area is 118 Å². The first-order valence-electron chi connectivity index (χ1n) is 7.04. The molecule has 0 atom stereocenters. The van der Waals surface area contributed by atoms with Crippen molar-refractivity contribution in [1.29, 1.82) is 0 Å². The molecule has 5 nitrogen and oxygen atoms in total. The molecule has 1 aliphatic carbocycles. The SMILES string of the molecule is Cc1ccc(NC(=O)C(=O)NC2CCCCC2)c(N)c1. The van der Waals surface area contributed by atoms with Gasteiger partial charge in [-0.1, -0.05) is 25.3 Å². The molecular formula is C15H21N3O2. The second-order valence-corrected chi connectivity index (χ2v) is 5.35. The average molecular weight is 275 g/mol. The highest BCUT2D eigenvalue weighted by atomic mass is 16.2. The summed E-state index contributed by atoms with van der Waals surface area (Å²) in [5.41, 5.74) is 7.75. The van der Waals surface area contributed by atoms with E-state index in [9.17, 15) is 9.59 Å². The zero-order chi connectivity index (χ0) is 14.5. The highest BCUT2D eigenvalue weighted by Crippen LogP contribution is 2.20. The summed E-state index contributed by atoms with van der Waals surface area (Å²) >= 11 is 0. The predicted molar refractivity (Wildman–Crippen MR) is 79.2 cm³/mol. The number of nitrogens with two attached hydrogens (primary N) is 1. The minimum Gasteiger partial charge on any atom is -0.397 e. The molecular weight excluding hydrogens is 254 g/mol. The van der Waals surface area contributed by atoms with Gasteiger partial charge >= 0.3 is 11.8 Å². The number of hydrogen-bond donors (Lipinski definition) is 3. The van der Waals surface area contributed by atoms with E-state index in [0.717, 1.165) is 31.2 Å². The molecule has 1 aromatic rings. The molecule has 1 saturated carbocycles. The van der Waals surface area contributed by atoms with Crippen LogP contribution < -0.4 is 16.4 Å². The molecule has 0 aliphatic heterocycles. The first-order valence-corrected chi connectivity index (χ1v) is 7.04. The van der Waals surface area contributed by atoms with Crippen molar-refractivity contribution in [1.82, 2.24) is 5.32 Å². The molecule has 0 spiro atoms. The van der Waals surface area contributed by atoms with Crippen LogP contribution in [-0.2, 0) is 9.59 Å². The lowest BCUT2D eigenvalue weighted by molar-refractivity contribution is -0.136. The van der Waals surface area contributed by atoms with Gasteiger partial charge in [0, 0.05) is 6.04 Å². The zero-order valence-corrected chi connectivity index (χ0v) is 11.7. The number of rotatable bonds is 2. The van der Waals surface area contributed by atoms with E-state index in [4.69, 9.17) is 5.73 Å². The molecule has 0 heterocycles. The Hall–Kier alpha value is -2.04. The number of carbonyl (C=O) groups is 2. The van der Waals surface area contributed by atoms with Crippen LogP contribution in [0.5, 0.6) is 0 Å². The van der Waals surface area contributed by atoms with Gasteiger partial charge in [-0.05, 0) is 37.5 Å². The molecule has 108 valence electrons. The summed E-state index contributed by atoms with van der Waals surface area (Å²) in [7, 11) is 0. The zero-order valence-electron chi connectivity index (χ0n) is 11.7. The van der Waals surface area contributed by atoms with Gasteiger partial charge in [-0.2, -0.15) is 0 Å². The van der Waals surface area contributed by atoms with Crippen LogP contribution in [0.4, 0.5) is 11.4 Å². The number of amides is 2. The van der Waals surface area contributed by atoms with Crippen LogP contribution in [0.2, 0.25) is 0 Å². The highest BCUT2D eigenvalue weighted by molar-refractivity contribution is 6.40. The van der Waals surface area contributed by atoms with Crippen molar-refractivity contribution in [2.45, 2.75) is 45.1 Å². The van der Waals surface area contributed by atoms with Gasteiger partial charge in [-0.25, -0.2) is 0 Å². The van der Waals surface area contributed by atoms with Crippen LogP contribution >= 0.6 is 0 Å². The van der Waals surface area contributed by atoms with E-state index in [0.29, 0.717) is 11.4 Å². The molecule has 0 bridgehead atoms. The van der Waals surface area contributed by atoms with Gasteiger partial charge in [0.05, 0.1) is 11.4 Å². The number of nitrogen functional groups attached to an aromatic ring is 1. The Balaban J connectivity index is 1.91. The van der Waals surface area contributed by atoms with Crippen LogP contribution in [0.1, 0.15) is 37.7 Å². The van der Waals surface area contributed by atoms with Gasteiger partial charge in [-0.15, -0.1) is 0 Å². The van der Waals surface area contributed by atoms with Crippen molar-refractivity contribution in [2.24, 2.45) is 0 Å². The Morgan fingerprint density at radius 3 is 2.50 bits per heavy atom. The molecule has 0 unspecified atom stereocenters. The fraction of sp³-hybridized carbons (Fsp3) is 0.467. The normalized spacial score (nSPS) is 15.7. The molecule has 1 aliphatic rings. The topological polar surface area (TPSA) is 84.2 Å². The predicted octanol–water partition coefficient (Wildman–Crippen LogP) is 1.96. The monoisotopic (exact) mass is 275 g/mol. The van der Waals surface area contributed by atoms with Gasteiger partial charge in [0.2, 0.25) is 0 Å². The smallest absolute Gasteiger partial charge is 0.313 e. The van der Waals surface area contributed by atoms with Crippen LogP contribution in [0.3, 0.4) is 0 Å². The van der Waals surface area contributed by atoms with Gasteiger partial charge in [0.15, 0.2) is 0 Å². The van der Waals surface area contributed by atoms with Crippen molar-refractivity contribution in [3.63, 3.8) is 0 Å². The number of nitrogens with one attached hydrogen (secondary N) is 2. The Morgan fingerprint density at radius 2 is 1.85 bits per heavy atom. The molecule has 20 heavy (non-hydrogen) atoms. The van der Waals surface area contributed by atoms with E-state index < -0.39 is 11.8 Å². The molecule has 0 radical (unpaired) electrons. The first kappa shape index (κ1) is 14.4. The summed E-state index contributed by atoms with van der Waals surface area (Å²) in [4.78, 5) is 23.7. The number of anilines is 2. The van der Waals surface area contributed by atoms with Crippen LogP contribution in [0.15, 0.2) is 18.2 Å². The van der Waals surface area contributed by atoms with Gasteiger partial charge in [-0.3, -0.25) is 9.59 Å². The average Bonchev–Trinajstić information content (AvgIpc) is 2.43. The number of benzene rings is 1. The standard InChI is InChI=1S/C15H21N3O2/c1-10-7-8-13(12(16)9-10)18-15(20)14(19)17-11-5-3-2-4-6-11/h7-9,11H,2-6,16H2,1H3,(H,17,19)(H,18,20). The Bertz CT molecular complexity index is 508. The fourth-order valence-electron chi connectivity index (χ4n) is 2.47. The molecule has 4 N–H and O–H groups in total. The van der Waals surface area contributed by atoms with E-state index in [1.807, 2.05) is 13.0 Å². The van der Waals surface area contributed by atoms with E-state index in [1.165, 1.54) is 6.42 Å². The maximum absolute atomic E-state index is 11.8. The van der Waals surface area contributed by atoms with E-state index in [2.05, 4.69) is 10.6 Å². The molecule has 2 rings (SSSR count). The van der Waals surface area contributed by atoms with Crippen LogP contribution in [0.25, 0.3) is 0 Å². The molecule has 0 aromatic heterocycles. The van der Waals surface area contributed by atoms with Crippen LogP contribution in [0, 0.1) is 6.92 Å². The van der Waals surface area contributed by atoms with Crippen molar-refractivity contribution in [3.05, 3.63) is 23.8 Å². The number of carbonyl (C=O) groups excluding carboxylic acids is 2.